The lowest BCUT2D eigenvalue weighted by atomic mass is 9.75. The molecule has 0 aromatic heterocycles. The minimum atomic E-state index is -1.27. The number of carbonyl (C=O) groups is 1. The molecule has 29 heavy (non-hydrogen) atoms. The molecule has 2 saturated carbocycles. The molecule has 0 spiro atoms. The molecule has 0 aliphatic heterocycles. The summed E-state index contributed by atoms with van der Waals surface area (Å²) in [6.07, 6.45) is 12.8. The van der Waals surface area contributed by atoms with E-state index in [1.165, 1.54) is 44.9 Å². The molecule has 3 nitrogen and oxygen atoms in total. The van der Waals surface area contributed by atoms with Crippen LogP contribution in [0.4, 0.5) is 8.78 Å². The summed E-state index contributed by atoms with van der Waals surface area (Å²) in [6, 6.07) is 3.85. The Morgan fingerprint density at radius 3 is 2.07 bits per heavy atom. The van der Waals surface area contributed by atoms with Gasteiger partial charge >= 0.3 is 5.97 Å². The zero-order valence-electron chi connectivity index (χ0n) is 17.3. The minimum Gasteiger partial charge on any atom is -0.423 e. The molecule has 2 aliphatic rings. The summed E-state index contributed by atoms with van der Waals surface area (Å²) >= 11 is 0. The molecule has 0 N–H and O–H groups in total. The van der Waals surface area contributed by atoms with E-state index in [0.29, 0.717) is 5.92 Å². The molecule has 2 aliphatic carbocycles. The Hall–Kier alpha value is -1.96. The molecule has 0 amide bonds. The number of hydrogen-bond donors (Lipinski definition) is 0. The number of rotatable bonds is 6. The first-order valence-electron chi connectivity index (χ1n) is 11.1. The average molecular weight is 404 g/mol. The van der Waals surface area contributed by atoms with Crippen molar-refractivity contribution in [3.63, 3.8) is 0 Å². The third-order valence-electron chi connectivity index (χ3n) is 7.08. The Bertz CT molecular complexity index is 742. The van der Waals surface area contributed by atoms with Gasteiger partial charge in [-0.05, 0) is 55.6 Å². The maximum atomic E-state index is 14.0. The van der Waals surface area contributed by atoms with E-state index in [2.05, 4.69) is 6.92 Å². The fraction of sp³-hybridized carbons (Fsp3) is 0.667. The molecule has 3 rings (SSSR count). The Balaban J connectivity index is 1.42. The first-order chi connectivity index (χ1) is 14.0. The number of halogens is 2. The van der Waals surface area contributed by atoms with Gasteiger partial charge in [0.2, 0.25) is 5.82 Å². The lowest BCUT2D eigenvalue weighted by Gasteiger charge is -2.31. The van der Waals surface area contributed by atoms with Gasteiger partial charge in [-0.3, -0.25) is 4.79 Å². The van der Waals surface area contributed by atoms with E-state index >= 15 is 0 Å². The van der Waals surface area contributed by atoms with Crippen molar-refractivity contribution in [2.24, 2.45) is 23.7 Å². The highest BCUT2D eigenvalue weighted by Crippen LogP contribution is 2.37. The second-order valence-electron chi connectivity index (χ2n) is 8.86. The van der Waals surface area contributed by atoms with Crippen LogP contribution in [-0.4, -0.2) is 5.97 Å². The third-order valence-corrected chi connectivity index (χ3v) is 7.08. The van der Waals surface area contributed by atoms with Gasteiger partial charge in [-0.15, -0.1) is 0 Å². The van der Waals surface area contributed by atoms with E-state index in [9.17, 15) is 13.6 Å². The van der Waals surface area contributed by atoms with Gasteiger partial charge in [0, 0.05) is 0 Å². The normalized spacial score (nSPS) is 27.2. The highest BCUT2D eigenvalue weighted by molar-refractivity contribution is 5.75. The van der Waals surface area contributed by atoms with Crippen molar-refractivity contribution in [1.29, 1.82) is 5.26 Å². The smallest absolute Gasteiger partial charge is 0.314 e. The fourth-order valence-corrected chi connectivity index (χ4v) is 4.98. The molecule has 0 heterocycles. The highest BCUT2D eigenvalue weighted by Gasteiger charge is 2.29. The lowest BCUT2D eigenvalue weighted by Crippen LogP contribution is -2.26. The predicted molar refractivity (Wildman–Crippen MR) is 107 cm³/mol. The second kappa shape index (κ2) is 10.2. The molecular formula is C24H31F2NO2. The van der Waals surface area contributed by atoms with E-state index in [0.717, 1.165) is 49.7 Å². The summed E-state index contributed by atoms with van der Waals surface area (Å²) in [6.45, 7) is 2.29. The van der Waals surface area contributed by atoms with E-state index < -0.39 is 28.9 Å². The summed E-state index contributed by atoms with van der Waals surface area (Å²) in [4.78, 5) is 12.4. The van der Waals surface area contributed by atoms with Gasteiger partial charge in [-0.1, -0.05) is 51.9 Å². The highest BCUT2D eigenvalue weighted by atomic mass is 19.2. The summed E-state index contributed by atoms with van der Waals surface area (Å²) in [5, 5.41) is 8.73. The van der Waals surface area contributed by atoms with Crippen LogP contribution in [0.25, 0.3) is 0 Å². The minimum absolute atomic E-state index is 0.260. The predicted octanol–water partition coefficient (Wildman–Crippen LogP) is 6.54. The van der Waals surface area contributed by atoms with Gasteiger partial charge in [-0.25, -0.2) is 4.39 Å². The van der Waals surface area contributed by atoms with Crippen molar-refractivity contribution in [2.45, 2.75) is 77.6 Å². The number of nitrogens with zero attached hydrogens (tertiary/aromatic N) is 1. The average Bonchev–Trinajstić information content (AvgIpc) is 2.76. The quantitative estimate of drug-likeness (QED) is 0.400. The Morgan fingerprint density at radius 2 is 1.52 bits per heavy atom. The van der Waals surface area contributed by atoms with E-state index in [-0.39, 0.29) is 5.92 Å². The van der Waals surface area contributed by atoms with Crippen LogP contribution >= 0.6 is 0 Å². The second-order valence-corrected chi connectivity index (χ2v) is 8.86. The number of nitriles is 1. The van der Waals surface area contributed by atoms with Crippen molar-refractivity contribution < 1.29 is 18.3 Å². The molecular weight excluding hydrogens is 372 g/mol. The zero-order chi connectivity index (χ0) is 20.8. The van der Waals surface area contributed by atoms with Crippen molar-refractivity contribution in [3.8, 4) is 11.8 Å². The molecule has 158 valence electrons. The van der Waals surface area contributed by atoms with Crippen LogP contribution in [0.15, 0.2) is 12.1 Å². The SMILES string of the molecule is CCC1CCC(CCC2CCC(C(=O)Oc3ccc(C#N)c(F)c3F)CC2)CC1. The number of hydrogen-bond acceptors (Lipinski definition) is 3. The van der Waals surface area contributed by atoms with Crippen molar-refractivity contribution in [2.75, 3.05) is 0 Å². The molecule has 1 aromatic carbocycles. The Kier molecular flexibility index (Phi) is 7.64. The van der Waals surface area contributed by atoms with Crippen LogP contribution in [-0.2, 0) is 4.79 Å². The van der Waals surface area contributed by atoms with Crippen molar-refractivity contribution in [3.05, 3.63) is 29.3 Å². The van der Waals surface area contributed by atoms with Gasteiger partial charge in [0.1, 0.15) is 6.07 Å². The summed E-state index contributed by atoms with van der Waals surface area (Å²) in [7, 11) is 0. The fourth-order valence-electron chi connectivity index (χ4n) is 4.98. The molecule has 0 unspecified atom stereocenters. The van der Waals surface area contributed by atoms with E-state index in [4.69, 9.17) is 10.00 Å². The van der Waals surface area contributed by atoms with E-state index in [1.54, 1.807) is 6.07 Å². The lowest BCUT2D eigenvalue weighted by molar-refractivity contribution is -0.140. The summed E-state index contributed by atoms with van der Waals surface area (Å²) in [5.41, 5.74) is -0.397. The molecule has 0 radical (unpaired) electrons. The number of benzene rings is 1. The zero-order valence-corrected chi connectivity index (χ0v) is 17.3. The van der Waals surface area contributed by atoms with Gasteiger partial charge < -0.3 is 4.74 Å². The third kappa shape index (κ3) is 5.56. The van der Waals surface area contributed by atoms with E-state index in [1.807, 2.05) is 0 Å². The van der Waals surface area contributed by atoms with Crippen LogP contribution in [0.1, 0.15) is 83.1 Å². The van der Waals surface area contributed by atoms with Gasteiger partial charge in [0.05, 0.1) is 11.5 Å². The van der Waals surface area contributed by atoms with Crippen LogP contribution in [0.2, 0.25) is 0 Å². The monoisotopic (exact) mass is 403 g/mol. The standard InChI is InChI=1S/C24H31F2NO2/c1-2-16-3-5-17(6-4-16)7-8-18-9-11-19(12-10-18)24(28)29-21-14-13-20(15-27)22(25)23(21)26/h13-14,16-19H,2-12H2,1H3. The maximum absolute atomic E-state index is 14.0. The molecule has 5 heteroatoms. The topological polar surface area (TPSA) is 50.1 Å². The van der Waals surface area contributed by atoms with Gasteiger partial charge in [0.15, 0.2) is 11.6 Å². The van der Waals surface area contributed by atoms with Gasteiger partial charge in [-0.2, -0.15) is 9.65 Å². The Labute approximate surface area is 172 Å². The van der Waals surface area contributed by atoms with Crippen LogP contribution in [0.5, 0.6) is 5.75 Å². The number of ether oxygens (including phenoxy) is 1. The molecule has 0 saturated heterocycles. The first kappa shape index (κ1) is 21.7. The van der Waals surface area contributed by atoms with Gasteiger partial charge in [0.25, 0.3) is 0 Å². The van der Waals surface area contributed by atoms with Crippen molar-refractivity contribution >= 4 is 5.97 Å². The largest absolute Gasteiger partial charge is 0.423 e. The number of carbonyl (C=O) groups excluding carboxylic acids is 1. The number of esters is 1. The molecule has 0 atom stereocenters. The molecule has 2 fully saturated rings. The first-order valence-corrected chi connectivity index (χ1v) is 11.1. The Morgan fingerprint density at radius 1 is 0.966 bits per heavy atom. The molecule has 0 bridgehead atoms. The summed E-state index contributed by atoms with van der Waals surface area (Å²) < 4.78 is 32.8. The van der Waals surface area contributed by atoms with Crippen LogP contribution in [0, 0.1) is 46.6 Å². The van der Waals surface area contributed by atoms with Crippen LogP contribution in [0.3, 0.4) is 0 Å². The molecule has 1 aromatic rings. The summed E-state index contributed by atoms with van der Waals surface area (Å²) in [5.74, 6) is -1.27. The maximum Gasteiger partial charge on any atom is 0.314 e. The van der Waals surface area contributed by atoms with Crippen molar-refractivity contribution in [1.82, 2.24) is 0 Å². The van der Waals surface area contributed by atoms with Crippen LogP contribution < -0.4 is 4.74 Å².